The van der Waals surface area contributed by atoms with Crippen molar-refractivity contribution >= 4 is 15.9 Å². The third-order valence-corrected chi connectivity index (χ3v) is 6.50. The summed E-state index contributed by atoms with van der Waals surface area (Å²) in [4.78, 5) is 20.9. The van der Waals surface area contributed by atoms with E-state index in [2.05, 4.69) is 9.97 Å². The van der Waals surface area contributed by atoms with Gasteiger partial charge in [-0.05, 0) is 36.4 Å². The van der Waals surface area contributed by atoms with E-state index in [1.807, 2.05) is 0 Å². The molecule has 0 bridgehead atoms. The number of nitrogens with zero attached hydrogens (tertiary/aromatic N) is 4. The molecule has 1 amide bonds. The summed E-state index contributed by atoms with van der Waals surface area (Å²) in [5.74, 6) is -0.382. The van der Waals surface area contributed by atoms with Crippen LogP contribution in [0.1, 0.15) is 11.4 Å². The van der Waals surface area contributed by atoms with Crippen molar-refractivity contribution in [2.45, 2.75) is 23.9 Å². The number of aromatic nitrogens is 3. The number of methoxy groups -OCH3 is 1. The number of carbonyl (C=O) groups excluding carboxylic acids is 1. The Morgan fingerprint density at radius 3 is 2.48 bits per heavy atom. The van der Waals surface area contributed by atoms with Gasteiger partial charge in [-0.1, -0.05) is 6.07 Å². The third-order valence-electron chi connectivity index (χ3n) is 4.63. The predicted molar refractivity (Wildman–Crippen MR) is 111 cm³/mol. The van der Waals surface area contributed by atoms with Crippen molar-refractivity contribution in [1.29, 1.82) is 0 Å². The van der Waals surface area contributed by atoms with Gasteiger partial charge in [0, 0.05) is 25.9 Å². The molecule has 0 radical (unpaired) electrons. The molecule has 2 heterocycles. The van der Waals surface area contributed by atoms with Crippen LogP contribution in [0, 0.1) is 0 Å². The summed E-state index contributed by atoms with van der Waals surface area (Å²) in [6.45, 7) is -0.180. The molecule has 0 aliphatic heterocycles. The summed E-state index contributed by atoms with van der Waals surface area (Å²) in [7, 11) is -0.922. The Morgan fingerprint density at radius 2 is 1.94 bits per heavy atom. The third kappa shape index (κ3) is 5.26. The zero-order chi connectivity index (χ0) is 22.4. The maximum absolute atomic E-state index is 13.6. The molecule has 31 heavy (non-hydrogen) atoms. The Labute approximate surface area is 180 Å². The van der Waals surface area contributed by atoms with Gasteiger partial charge in [-0.3, -0.25) is 15.0 Å². The number of aryl methyl sites for hydroxylation is 1. The van der Waals surface area contributed by atoms with Gasteiger partial charge in [-0.15, -0.1) is 0 Å². The van der Waals surface area contributed by atoms with E-state index in [1.165, 1.54) is 37.6 Å². The lowest BCUT2D eigenvalue weighted by Crippen LogP contribution is -2.49. The number of sulfonamides is 1. The lowest BCUT2D eigenvalue weighted by atomic mass is 10.1. The molecule has 3 aromatic rings. The fraction of sp³-hybridized carbons (Fsp3) is 0.250. The van der Waals surface area contributed by atoms with Crippen molar-refractivity contribution in [3.05, 3.63) is 72.6 Å². The lowest BCUT2D eigenvalue weighted by Gasteiger charge is -2.29. The highest BCUT2D eigenvalue weighted by molar-refractivity contribution is 7.89. The van der Waals surface area contributed by atoms with E-state index in [4.69, 9.17) is 4.74 Å². The Hall–Kier alpha value is -3.28. The summed E-state index contributed by atoms with van der Waals surface area (Å²) >= 11 is 0. The monoisotopic (exact) mass is 445 g/mol. The van der Waals surface area contributed by atoms with E-state index < -0.39 is 22.0 Å². The van der Waals surface area contributed by atoms with Crippen LogP contribution in [0.15, 0.2) is 66.1 Å². The fourth-order valence-corrected chi connectivity index (χ4v) is 4.63. The van der Waals surface area contributed by atoms with Crippen LogP contribution in [-0.4, -0.2) is 51.5 Å². The molecule has 0 saturated heterocycles. The molecular formula is C20H23N5O5S. The SMILES string of the molecule is COc1ccc(S(=O)(=O)N(Cc2ccccn2)C(Cc2cn(C)cn2)C(=O)NO)cc1. The number of hydrogen-bond donors (Lipinski definition) is 2. The molecule has 1 aromatic carbocycles. The summed E-state index contributed by atoms with van der Waals surface area (Å²) < 4.78 is 34.9. The minimum atomic E-state index is -4.16. The van der Waals surface area contributed by atoms with Crippen molar-refractivity contribution in [1.82, 2.24) is 24.3 Å². The second-order valence-corrected chi connectivity index (χ2v) is 8.66. The zero-order valence-electron chi connectivity index (χ0n) is 17.0. The van der Waals surface area contributed by atoms with Crippen LogP contribution in [-0.2, 0) is 34.8 Å². The summed E-state index contributed by atoms with van der Waals surface area (Å²) in [5, 5.41) is 9.33. The number of nitrogens with one attached hydrogen (secondary N) is 1. The minimum Gasteiger partial charge on any atom is -0.497 e. The van der Waals surface area contributed by atoms with E-state index in [0.717, 1.165) is 4.31 Å². The molecule has 1 atom stereocenters. The topological polar surface area (TPSA) is 127 Å². The number of imidazole rings is 1. The summed E-state index contributed by atoms with van der Waals surface area (Å²) in [5.41, 5.74) is 2.51. The summed E-state index contributed by atoms with van der Waals surface area (Å²) in [6, 6.07) is 9.65. The van der Waals surface area contributed by atoms with Gasteiger partial charge < -0.3 is 9.30 Å². The first-order valence-electron chi connectivity index (χ1n) is 9.31. The van der Waals surface area contributed by atoms with Gasteiger partial charge in [0.25, 0.3) is 5.91 Å². The molecule has 11 heteroatoms. The fourth-order valence-electron chi connectivity index (χ4n) is 3.07. The molecule has 0 spiro atoms. The molecule has 0 aliphatic rings. The molecule has 3 rings (SSSR count). The highest BCUT2D eigenvalue weighted by atomic mass is 32.2. The van der Waals surface area contributed by atoms with Gasteiger partial charge in [-0.25, -0.2) is 18.9 Å². The van der Waals surface area contributed by atoms with Crippen molar-refractivity contribution in [3.8, 4) is 5.75 Å². The molecule has 2 N–H and O–H groups in total. The molecule has 0 saturated carbocycles. The number of carbonyl (C=O) groups is 1. The molecule has 0 aliphatic carbocycles. The second-order valence-electron chi connectivity index (χ2n) is 6.77. The largest absolute Gasteiger partial charge is 0.497 e. The smallest absolute Gasteiger partial charge is 0.262 e. The number of hydrogen-bond acceptors (Lipinski definition) is 7. The first-order valence-corrected chi connectivity index (χ1v) is 10.8. The van der Waals surface area contributed by atoms with E-state index in [-0.39, 0.29) is 17.9 Å². The number of amides is 1. The van der Waals surface area contributed by atoms with Crippen molar-refractivity contribution in [3.63, 3.8) is 0 Å². The first-order chi connectivity index (χ1) is 14.8. The van der Waals surface area contributed by atoms with E-state index in [0.29, 0.717) is 17.1 Å². The number of rotatable bonds is 9. The van der Waals surface area contributed by atoms with Crippen LogP contribution < -0.4 is 10.2 Å². The van der Waals surface area contributed by atoms with Gasteiger partial charge >= 0.3 is 0 Å². The highest BCUT2D eigenvalue weighted by Gasteiger charge is 2.37. The molecular weight excluding hydrogens is 422 g/mol. The van der Waals surface area contributed by atoms with E-state index in [9.17, 15) is 18.4 Å². The number of ether oxygens (including phenoxy) is 1. The minimum absolute atomic E-state index is 0.0269. The second kappa shape index (κ2) is 9.69. The first kappa shape index (κ1) is 22.4. The van der Waals surface area contributed by atoms with Crippen LogP contribution in [0.4, 0.5) is 0 Å². The van der Waals surface area contributed by atoms with Crippen LogP contribution in [0.25, 0.3) is 0 Å². The Kier molecular flexibility index (Phi) is 7.00. The van der Waals surface area contributed by atoms with Crippen molar-refractivity contribution in [2.75, 3.05) is 7.11 Å². The van der Waals surface area contributed by atoms with Gasteiger partial charge in [0.15, 0.2) is 0 Å². The maximum Gasteiger partial charge on any atom is 0.262 e. The predicted octanol–water partition coefficient (Wildman–Crippen LogP) is 1.13. The number of benzene rings is 1. The Bertz CT molecular complexity index is 1120. The quantitative estimate of drug-likeness (QED) is 0.373. The highest BCUT2D eigenvalue weighted by Crippen LogP contribution is 2.24. The van der Waals surface area contributed by atoms with Crippen molar-refractivity contribution in [2.24, 2.45) is 7.05 Å². The molecule has 1 unspecified atom stereocenters. The van der Waals surface area contributed by atoms with Crippen molar-refractivity contribution < 1.29 is 23.2 Å². The zero-order valence-corrected chi connectivity index (χ0v) is 17.9. The number of hydroxylamine groups is 1. The lowest BCUT2D eigenvalue weighted by molar-refractivity contribution is -0.133. The maximum atomic E-state index is 13.6. The van der Waals surface area contributed by atoms with Gasteiger partial charge in [0.05, 0.1) is 36.3 Å². The molecule has 10 nitrogen and oxygen atoms in total. The van der Waals surface area contributed by atoms with Gasteiger partial charge in [-0.2, -0.15) is 4.31 Å². The van der Waals surface area contributed by atoms with E-state index >= 15 is 0 Å². The van der Waals surface area contributed by atoms with Crippen LogP contribution in [0.3, 0.4) is 0 Å². The standard InChI is InChI=1S/C20H23N5O5S/c1-24-12-16(22-14-24)11-19(20(26)23-27)25(13-15-5-3-4-10-21-15)31(28,29)18-8-6-17(30-2)7-9-18/h3-10,12,14,19,27H,11,13H2,1-2H3,(H,23,26). The average molecular weight is 446 g/mol. The van der Waals surface area contributed by atoms with Gasteiger partial charge in [0.1, 0.15) is 11.8 Å². The van der Waals surface area contributed by atoms with Crippen LogP contribution in [0.2, 0.25) is 0 Å². The average Bonchev–Trinajstić information content (AvgIpc) is 3.21. The van der Waals surface area contributed by atoms with Crippen LogP contribution in [0.5, 0.6) is 5.75 Å². The Balaban J connectivity index is 2.06. The normalized spacial score (nSPS) is 12.5. The van der Waals surface area contributed by atoms with E-state index in [1.54, 1.807) is 47.8 Å². The molecule has 164 valence electrons. The van der Waals surface area contributed by atoms with Crippen LogP contribution >= 0.6 is 0 Å². The number of pyridine rings is 1. The molecule has 2 aromatic heterocycles. The molecule has 0 fully saturated rings. The van der Waals surface area contributed by atoms with Gasteiger partial charge in [0.2, 0.25) is 10.0 Å². The summed E-state index contributed by atoms with van der Waals surface area (Å²) in [6.07, 6.45) is 4.71. The Morgan fingerprint density at radius 1 is 1.19 bits per heavy atom.